The molecule has 0 fully saturated rings. The van der Waals surface area contributed by atoms with E-state index in [-0.39, 0.29) is 5.25 Å². The number of benzene rings is 1. The first-order chi connectivity index (χ1) is 7.43. The first-order valence-electron chi connectivity index (χ1n) is 5.54. The van der Waals surface area contributed by atoms with Gasteiger partial charge in [-0.15, -0.1) is 0 Å². The first-order valence-corrected chi connectivity index (χ1v) is 7.04. The highest BCUT2D eigenvalue weighted by Crippen LogP contribution is 2.32. The fourth-order valence-corrected chi connectivity index (χ4v) is 3.33. The quantitative estimate of drug-likeness (QED) is 0.792. The lowest BCUT2D eigenvalue weighted by Crippen LogP contribution is -2.34. The van der Waals surface area contributed by atoms with Crippen LogP contribution in [0.4, 0.5) is 5.69 Å². The number of hydrogen-bond donors (Lipinski definition) is 0. The third-order valence-electron chi connectivity index (χ3n) is 2.99. The predicted octanol–water partition coefficient (Wildman–Crippen LogP) is 2.10. The van der Waals surface area contributed by atoms with Gasteiger partial charge in [0.1, 0.15) is 0 Å². The van der Waals surface area contributed by atoms with Gasteiger partial charge in [-0.2, -0.15) is 0 Å². The van der Waals surface area contributed by atoms with Crippen molar-refractivity contribution < 1.29 is 8.42 Å². The van der Waals surface area contributed by atoms with E-state index in [0.29, 0.717) is 6.54 Å². The van der Waals surface area contributed by atoms with Gasteiger partial charge < -0.3 is 0 Å². The standard InChI is InChI=1S/C12H17NO2S/c1-9(2)16(14,15)13-7-6-11-8-10(3)4-5-12(11)13/h4-5,8-9H,6-7H2,1-3H3. The molecular formula is C12H17NO2S. The van der Waals surface area contributed by atoms with Crippen LogP contribution in [0, 0.1) is 6.92 Å². The van der Waals surface area contributed by atoms with E-state index in [4.69, 9.17) is 0 Å². The summed E-state index contributed by atoms with van der Waals surface area (Å²) in [5.74, 6) is 0. The minimum Gasteiger partial charge on any atom is -0.269 e. The van der Waals surface area contributed by atoms with Crippen molar-refractivity contribution in [2.75, 3.05) is 10.8 Å². The number of sulfonamides is 1. The number of fused-ring (bicyclic) bond motifs is 1. The lowest BCUT2D eigenvalue weighted by atomic mass is 10.1. The molecule has 1 heterocycles. The van der Waals surface area contributed by atoms with Crippen LogP contribution in [0.5, 0.6) is 0 Å². The number of rotatable bonds is 2. The summed E-state index contributed by atoms with van der Waals surface area (Å²) in [5, 5.41) is -0.361. The largest absolute Gasteiger partial charge is 0.269 e. The highest BCUT2D eigenvalue weighted by Gasteiger charge is 2.31. The minimum absolute atomic E-state index is 0.361. The lowest BCUT2D eigenvalue weighted by Gasteiger charge is -2.21. The van der Waals surface area contributed by atoms with Gasteiger partial charge in [0.05, 0.1) is 10.9 Å². The Morgan fingerprint density at radius 3 is 2.62 bits per heavy atom. The second-order valence-electron chi connectivity index (χ2n) is 4.55. The topological polar surface area (TPSA) is 37.4 Å². The van der Waals surface area contributed by atoms with E-state index in [1.54, 1.807) is 18.2 Å². The molecule has 0 unspecified atom stereocenters. The second-order valence-corrected chi connectivity index (χ2v) is 6.96. The van der Waals surface area contributed by atoms with Gasteiger partial charge in [-0.3, -0.25) is 4.31 Å². The summed E-state index contributed by atoms with van der Waals surface area (Å²) in [5.41, 5.74) is 3.19. The van der Waals surface area contributed by atoms with E-state index >= 15 is 0 Å². The zero-order valence-electron chi connectivity index (χ0n) is 9.90. The summed E-state index contributed by atoms with van der Waals surface area (Å²) in [6.07, 6.45) is 0.822. The molecule has 0 atom stereocenters. The van der Waals surface area contributed by atoms with Gasteiger partial charge >= 0.3 is 0 Å². The Labute approximate surface area is 97.1 Å². The van der Waals surface area contributed by atoms with Gasteiger partial charge in [0.15, 0.2) is 0 Å². The molecule has 1 aliphatic rings. The summed E-state index contributed by atoms with van der Waals surface area (Å²) in [6.45, 7) is 6.06. The second kappa shape index (κ2) is 3.77. The van der Waals surface area contributed by atoms with Crippen LogP contribution >= 0.6 is 0 Å². The molecule has 4 heteroatoms. The minimum atomic E-state index is -3.17. The van der Waals surface area contributed by atoms with Crippen molar-refractivity contribution in [2.24, 2.45) is 0 Å². The Morgan fingerprint density at radius 2 is 2.00 bits per heavy atom. The molecule has 0 aliphatic carbocycles. The number of aryl methyl sites for hydroxylation is 1. The molecule has 0 saturated carbocycles. The highest BCUT2D eigenvalue weighted by atomic mass is 32.2. The van der Waals surface area contributed by atoms with Crippen LogP contribution < -0.4 is 4.31 Å². The average molecular weight is 239 g/mol. The Morgan fingerprint density at radius 1 is 1.31 bits per heavy atom. The molecule has 0 spiro atoms. The van der Waals surface area contributed by atoms with Crippen molar-refractivity contribution in [1.29, 1.82) is 0 Å². The molecule has 0 aromatic heterocycles. The number of hydrogen-bond acceptors (Lipinski definition) is 2. The SMILES string of the molecule is Cc1ccc2c(c1)CCN2S(=O)(=O)C(C)C. The van der Waals surface area contributed by atoms with Crippen LogP contribution in [0.1, 0.15) is 25.0 Å². The van der Waals surface area contributed by atoms with Crippen molar-refractivity contribution >= 4 is 15.7 Å². The third kappa shape index (κ3) is 1.71. The molecule has 16 heavy (non-hydrogen) atoms. The first kappa shape index (κ1) is 11.5. The fraction of sp³-hybridized carbons (Fsp3) is 0.500. The van der Waals surface area contributed by atoms with Gasteiger partial charge in [0, 0.05) is 6.54 Å². The molecule has 0 saturated heterocycles. The van der Waals surface area contributed by atoms with Gasteiger partial charge in [-0.25, -0.2) is 8.42 Å². The molecule has 0 bridgehead atoms. The van der Waals surface area contributed by atoms with E-state index in [1.807, 2.05) is 19.1 Å². The van der Waals surface area contributed by atoms with Gasteiger partial charge in [-0.1, -0.05) is 17.7 Å². The molecule has 1 aromatic carbocycles. The summed E-state index contributed by atoms with van der Waals surface area (Å²) in [4.78, 5) is 0. The smallest absolute Gasteiger partial charge is 0.237 e. The molecular weight excluding hydrogens is 222 g/mol. The van der Waals surface area contributed by atoms with Crippen molar-refractivity contribution in [3.8, 4) is 0 Å². The van der Waals surface area contributed by atoms with Gasteiger partial charge in [0.25, 0.3) is 0 Å². The zero-order valence-corrected chi connectivity index (χ0v) is 10.7. The van der Waals surface area contributed by atoms with E-state index in [1.165, 1.54) is 5.56 Å². The van der Waals surface area contributed by atoms with E-state index in [2.05, 4.69) is 6.07 Å². The highest BCUT2D eigenvalue weighted by molar-refractivity contribution is 7.93. The Balaban J connectivity index is 2.46. The fourth-order valence-electron chi connectivity index (χ4n) is 2.02. The Bertz CT molecular complexity index is 506. The van der Waals surface area contributed by atoms with Crippen LogP contribution in [0.2, 0.25) is 0 Å². The summed E-state index contributed by atoms with van der Waals surface area (Å²) in [6, 6.07) is 5.95. The molecule has 3 nitrogen and oxygen atoms in total. The zero-order chi connectivity index (χ0) is 11.9. The van der Waals surface area contributed by atoms with E-state index < -0.39 is 10.0 Å². The van der Waals surface area contributed by atoms with Crippen LogP contribution in [0.25, 0.3) is 0 Å². The molecule has 88 valence electrons. The van der Waals surface area contributed by atoms with Crippen molar-refractivity contribution in [1.82, 2.24) is 0 Å². The number of nitrogens with zero attached hydrogens (tertiary/aromatic N) is 1. The van der Waals surface area contributed by atoms with Gasteiger partial charge in [-0.05, 0) is 38.8 Å². The third-order valence-corrected chi connectivity index (χ3v) is 5.18. The maximum atomic E-state index is 12.1. The molecule has 1 aromatic rings. The van der Waals surface area contributed by atoms with Gasteiger partial charge in [0.2, 0.25) is 10.0 Å². The maximum absolute atomic E-state index is 12.1. The summed E-state index contributed by atoms with van der Waals surface area (Å²) in [7, 11) is -3.17. The van der Waals surface area contributed by atoms with Crippen LogP contribution in [-0.2, 0) is 16.4 Å². The lowest BCUT2D eigenvalue weighted by molar-refractivity contribution is 0.583. The summed E-state index contributed by atoms with van der Waals surface area (Å²) >= 11 is 0. The normalized spacial score (nSPS) is 15.6. The van der Waals surface area contributed by atoms with Crippen LogP contribution in [0.15, 0.2) is 18.2 Å². The number of anilines is 1. The Kier molecular flexibility index (Phi) is 2.70. The van der Waals surface area contributed by atoms with Crippen molar-refractivity contribution in [3.05, 3.63) is 29.3 Å². The molecule has 0 amide bonds. The predicted molar refractivity (Wildman–Crippen MR) is 66.3 cm³/mol. The van der Waals surface area contributed by atoms with Crippen LogP contribution in [0.3, 0.4) is 0 Å². The monoisotopic (exact) mass is 239 g/mol. The van der Waals surface area contributed by atoms with Crippen molar-refractivity contribution in [2.45, 2.75) is 32.4 Å². The molecule has 2 rings (SSSR count). The van der Waals surface area contributed by atoms with Crippen molar-refractivity contribution in [3.63, 3.8) is 0 Å². The maximum Gasteiger partial charge on any atom is 0.237 e. The summed E-state index contributed by atoms with van der Waals surface area (Å²) < 4.78 is 25.8. The Hall–Kier alpha value is -1.03. The molecule has 0 radical (unpaired) electrons. The molecule has 0 N–H and O–H groups in total. The molecule has 1 aliphatic heterocycles. The van der Waals surface area contributed by atoms with E-state index in [0.717, 1.165) is 17.7 Å². The van der Waals surface area contributed by atoms with Crippen LogP contribution in [-0.4, -0.2) is 20.2 Å². The van der Waals surface area contributed by atoms with E-state index in [9.17, 15) is 8.42 Å². The average Bonchev–Trinajstić information content (AvgIpc) is 2.60.